The van der Waals surface area contributed by atoms with Crippen LogP contribution in [-0.4, -0.2) is 36.8 Å². The van der Waals surface area contributed by atoms with Crippen molar-refractivity contribution in [3.63, 3.8) is 0 Å². The van der Waals surface area contributed by atoms with Gasteiger partial charge >= 0.3 is 0 Å². The van der Waals surface area contributed by atoms with Crippen molar-refractivity contribution < 1.29 is 14.3 Å². The minimum absolute atomic E-state index is 0.0676. The van der Waals surface area contributed by atoms with Crippen molar-refractivity contribution in [1.82, 2.24) is 4.90 Å². The topological polar surface area (TPSA) is 46.6 Å². The zero-order chi connectivity index (χ0) is 14.1. The van der Waals surface area contributed by atoms with Gasteiger partial charge in [0.2, 0.25) is 5.91 Å². The summed E-state index contributed by atoms with van der Waals surface area (Å²) in [5, 5.41) is 0. The number of hydrogen-bond acceptors (Lipinski definition) is 3. The third kappa shape index (κ3) is 2.19. The molecule has 2 aliphatic rings. The molecule has 4 heteroatoms. The lowest BCUT2D eigenvalue weighted by molar-refractivity contribution is -0.133. The summed E-state index contributed by atoms with van der Waals surface area (Å²) >= 11 is 0. The lowest BCUT2D eigenvalue weighted by Crippen LogP contribution is -2.38. The number of hydrogen-bond donors (Lipinski definition) is 0. The summed E-state index contributed by atoms with van der Waals surface area (Å²) < 4.78 is 5.21. The second-order valence-electron chi connectivity index (χ2n) is 5.52. The summed E-state index contributed by atoms with van der Waals surface area (Å²) in [6, 6.07) is 5.40. The predicted octanol–water partition coefficient (Wildman–Crippen LogP) is 2.38. The van der Waals surface area contributed by atoms with Gasteiger partial charge in [-0.1, -0.05) is 0 Å². The van der Waals surface area contributed by atoms with E-state index in [9.17, 15) is 9.59 Å². The molecule has 3 rings (SSSR count). The summed E-state index contributed by atoms with van der Waals surface area (Å²) in [6.07, 6.45) is 3.63. The standard InChI is InChI=1S/C16H19NO3/c1-20-11-5-6-12-13(9-11)14(10-15(12)18)16(19)17-7-3-2-4-8-17/h5-6,9,14H,2-4,7-8,10H2,1H3. The molecule has 1 unspecified atom stereocenters. The van der Waals surface area contributed by atoms with Gasteiger partial charge in [0.25, 0.3) is 0 Å². The first-order chi connectivity index (χ1) is 9.70. The maximum absolute atomic E-state index is 12.6. The fraction of sp³-hybridized carbons (Fsp3) is 0.500. The zero-order valence-corrected chi connectivity index (χ0v) is 11.7. The Morgan fingerprint density at radius 2 is 2.00 bits per heavy atom. The molecule has 1 aromatic rings. The van der Waals surface area contributed by atoms with Gasteiger partial charge in [0.15, 0.2) is 5.78 Å². The minimum Gasteiger partial charge on any atom is -0.497 e. The van der Waals surface area contributed by atoms with Crippen LogP contribution in [0.1, 0.15) is 47.5 Å². The van der Waals surface area contributed by atoms with Crippen molar-refractivity contribution in [1.29, 1.82) is 0 Å². The lowest BCUT2D eigenvalue weighted by atomic mass is 9.98. The molecule has 0 N–H and O–H groups in total. The number of amides is 1. The summed E-state index contributed by atoms with van der Waals surface area (Å²) in [4.78, 5) is 26.6. The highest BCUT2D eigenvalue weighted by Crippen LogP contribution is 2.37. The van der Waals surface area contributed by atoms with Crippen LogP contribution in [-0.2, 0) is 4.79 Å². The molecule has 0 saturated carbocycles. The second-order valence-corrected chi connectivity index (χ2v) is 5.52. The first-order valence-corrected chi connectivity index (χ1v) is 7.20. The summed E-state index contributed by atoms with van der Waals surface area (Å²) in [6.45, 7) is 1.64. The number of nitrogens with zero attached hydrogens (tertiary/aromatic N) is 1. The molecule has 1 atom stereocenters. The average molecular weight is 273 g/mol. The predicted molar refractivity (Wildman–Crippen MR) is 75.1 cm³/mol. The lowest BCUT2D eigenvalue weighted by Gasteiger charge is -2.29. The van der Waals surface area contributed by atoms with E-state index in [1.807, 2.05) is 11.0 Å². The molecule has 1 heterocycles. The van der Waals surface area contributed by atoms with Crippen molar-refractivity contribution in [2.45, 2.75) is 31.6 Å². The largest absolute Gasteiger partial charge is 0.497 e. The van der Waals surface area contributed by atoms with E-state index in [-0.39, 0.29) is 17.6 Å². The molecule has 0 radical (unpaired) electrons. The van der Waals surface area contributed by atoms with Crippen molar-refractivity contribution in [3.05, 3.63) is 29.3 Å². The van der Waals surface area contributed by atoms with E-state index >= 15 is 0 Å². The van der Waals surface area contributed by atoms with Gasteiger partial charge in [-0.25, -0.2) is 0 Å². The number of ketones is 1. The van der Waals surface area contributed by atoms with E-state index in [1.165, 1.54) is 6.42 Å². The molecule has 1 saturated heterocycles. The number of benzene rings is 1. The summed E-state index contributed by atoms with van der Waals surface area (Å²) in [7, 11) is 1.60. The van der Waals surface area contributed by atoms with E-state index in [0.29, 0.717) is 17.7 Å². The van der Waals surface area contributed by atoms with Crippen LogP contribution >= 0.6 is 0 Å². The Morgan fingerprint density at radius 3 is 2.70 bits per heavy atom. The molecular weight excluding hydrogens is 254 g/mol. The molecule has 1 aromatic carbocycles. The maximum Gasteiger partial charge on any atom is 0.230 e. The van der Waals surface area contributed by atoms with Crippen LogP contribution in [0.25, 0.3) is 0 Å². The van der Waals surface area contributed by atoms with Gasteiger partial charge in [-0.15, -0.1) is 0 Å². The fourth-order valence-electron chi connectivity index (χ4n) is 3.17. The molecular formula is C16H19NO3. The molecule has 4 nitrogen and oxygen atoms in total. The Labute approximate surface area is 118 Å². The summed E-state index contributed by atoms with van der Waals surface area (Å²) in [5.74, 6) is 0.559. The smallest absolute Gasteiger partial charge is 0.230 e. The van der Waals surface area contributed by atoms with Crippen molar-refractivity contribution >= 4 is 11.7 Å². The number of likely N-dealkylation sites (tertiary alicyclic amines) is 1. The molecule has 0 aromatic heterocycles. The van der Waals surface area contributed by atoms with E-state index in [0.717, 1.165) is 31.5 Å². The Balaban J connectivity index is 1.89. The van der Waals surface area contributed by atoms with Gasteiger partial charge in [-0.3, -0.25) is 9.59 Å². The van der Waals surface area contributed by atoms with Gasteiger partial charge in [0, 0.05) is 25.1 Å². The fourth-order valence-corrected chi connectivity index (χ4v) is 3.17. The molecule has 0 spiro atoms. The first kappa shape index (κ1) is 13.2. The van der Waals surface area contributed by atoms with Crippen LogP contribution in [0.15, 0.2) is 18.2 Å². The van der Waals surface area contributed by atoms with E-state index in [4.69, 9.17) is 4.74 Å². The van der Waals surface area contributed by atoms with E-state index in [1.54, 1.807) is 19.2 Å². The SMILES string of the molecule is COc1ccc2c(c1)C(C(=O)N1CCCCC1)CC2=O. The van der Waals surface area contributed by atoms with Crippen LogP contribution in [0, 0.1) is 0 Å². The Morgan fingerprint density at radius 1 is 1.25 bits per heavy atom. The number of methoxy groups -OCH3 is 1. The molecule has 0 bridgehead atoms. The molecule has 1 aliphatic carbocycles. The van der Waals surface area contributed by atoms with E-state index in [2.05, 4.69) is 0 Å². The maximum atomic E-state index is 12.6. The Kier molecular flexibility index (Phi) is 3.47. The molecule has 106 valence electrons. The third-order valence-corrected chi connectivity index (χ3v) is 4.29. The van der Waals surface area contributed by atoms with Gasteiger partial charge in [0.1, 0.15) is 5.75 Å². The van der Waals surface area contributed by atoms with Crippen LogP contribution in [0.2, 0.25) is 0 Å². The van der Waals surface area contributed by atoms with Gasteiger partial charge in [0.05, 0.1) is 13.0 Å². The minimum atomic E-state index is -0.314. The highest BCUT2D eigenvalue weighted by Gasteiger charge is 2.37. The Bertz CT molecular complexity index is 547. The highest BCUT2D eigenvalue weighted by molar-refractivity contribution is 6.06. The molecule has 1 aliphatic heterocycles. The number of carbonyl (C=O) groups is 2. The molecule has 1 amide bonds. The Hall–Kier alpha value is -1.84. The van der Waals surface area contributed by atoms with Crippen LogP contribution in [0.5, 0.6) is 5.75 Å². The third-order valence-electron chi connectivity index (χ3n) is 4.29. The number of carbonyl (C=O) groups excluding carboxylic acids is 2. The van der Waals surface area contributed by atoms with Gasteiger partial charge in [-0.05, 0) is 43.0 Å². The van der Waals surface area contributed by atoms with Crippen molar-refractivity contribution in [2.24, 2.45) is 0 Å². The molecule has 1 fully saturated rings. The second kappa shape index (κ2) is 5.27. The van der Waals surface area contributed by atoms with Crippen molar-refractivity contribution in [2.75, 3.05) is 20.2 Å². The highest BCUT2D eigenvalue weighted by atomic mass is 16.5. The van der Waals surface area contributed by atoms with Crippen LogP contribution in [0.3, 0.4) is 0 Å². The van der Waals surface area contributed by atoms with Gasteiger partial charge in [-0.2, -0.15) is 0 Å². The van der Waals surface area contributed by atoms with Crippen LogP contribution in [0.4, 0.5) is 0 Å². The van der Waals surface area contributed by atoms with Crippen molar-refractivity contribution in [3.8, 4) is 5.75 Å². The number of ether oxygens (including phenoxy) is 1. The number of rotatable bonds is 2. The van der Waals surface area contributed by atoms with Gasteiger partial charge < -0.3 is 9.64 Å². The summed E-state index contributed by atoms with van der Waals surface area (Å²) in [5.41, 5.74) is 1.52. The number of Topliss-reactive ketones (excluding diaryl/α,β-unsaturated/α-hetero) is 1. The molecule has 20 heavy (non-hydrogen) atoms. The monoisotopic (exact) mass is 273 g/mol. The number of piperidine rings is 1. The normalized spacial score (nSPS) is 21.8. The van der Waals surface area contributed by atoms with E-state index < -0.39 is 0 Å². The van der Waals surface area contributed by atoms with Crippen LogP contribution < -0.4 is 4.74 Å². The quantitative estimate of drug-likeness (QED) is 0.831. The average Bonchev–Trinajstić information content (AvgIpc) is 2.84. The number of fused-ring (bicyclic) bond motifs is 1. The zero-order valence-electron chi connectivity index (χ0n) is 11.7. The first-order valence-electron chi connectivity index (χ1n) is 7.20.